The summed E-state index contributed by atoms with van der Waals surface area (Å²) in [6.07, 6.45) is 1.43. The molecule has 7 heteroatoms. The largest absolute Gasteiger partial charge is 0.352 e. The van der Waals surface area contributed by atoms with E-state index in [0.717, 1.165) is 11.1 Å². The minimum Gasteiger partial charge on any atom is -0.352 e. The number of allylic oxidation sites excluding steroid dienone is 1. The third-order valence-corrected chi connectivity index (χ3v) is 4.26. The summed E-state index contributed by atoms with van der Waals surface area (Å²) in [7, 11) is 0. The molecule has 0 unspecified atom stereocenters. The van der Waals surface area contributed by atoms with Gasteiger partial charge in [0.2, 0.25) is 0 Å². The van der Waals surface area contributed by atoms with Crippen molar-refractivity contribution in [1.29, 1.82) is 0 Å². The Hall–Kier alpha value is -3.19. The van der Waals surface area contributed by atoms with Gasteiger partial charge in [-0.05, 0) is 37.6 Å². The van der Waals surface area contributed by atoms with E-state index < -0.39 is 11.2 Å². The Morgan fingerprint density at radius 2 is 1.85 bits per heavy atom. The number of nitro benzene ring substituents is 1. The van der Waals surface area contributed by atoms with Crippen LogP contribution in [0.2, 0.25) is 0 Å². The van der Waals surface area contributed by atoms with E-state index in [1.807, 2.05) is 50.3 Å². The molecular formula is C20H21N3O4. The number of nitrogens with zero attached hydrogens (tertiary/aromatic N) is 2. The molecule has 2 atom stereocenters. The number of urea groups is 1. The SMILES string of the molecule is CC(C)=C[C@@H]1OC[C@H](c2ccccc2)N1C(=O)Nc1ccc([N+](=O)[O-])cc1. The topological polar surface area (TPSA) is 84.7 Å². The number of ether oxygens (including phenoxy) is 1. The number of carbonyl (C=O) groups excluding carboxylic acids is 1. The molecule has 140 valence electrons. The molecule has 0 saturated carbocycles. The molecule has 27 heavy (non-hydrogen) atoms. The van der Waals surface area contributed by atoms with Gasteiger partial charge in [-0.25, -0.2) is 4.79 Å². The Kier molecular flexibility index (Phi) is 5.52. The zero-order chi connectivity index (χ0) is 19.4. The third-order valence-electron chi connectivity index (χ3n) is 4.26. The molecule has 2 aromatic rings. The molecule has 1 fully saturated rings. The van der Waals surface area contributed by atoms with Gasteiger partial charge >= 0.3 is 6.03 Å². The Labute approximate surface area is 157 Å². The lowest BCUT2D eigenvalue weighted by molar-refractivity contribution is -0.384. The molecule has 1 aliphatic rings. The van der Waals surface area contributed by atoms with E-state index in [2.05, 4.69) is 5.32 Å². The van der Waals surface area contributed by atoms with Crippen LogP contribution in [0.3, 0.4) is 0 Å². The van der Waals surface area contributed by atoms with Gasteiger partial charge in [-0.3, -0.25) is 15.0 Å². The van der Waals surface area contributed by atoms with Gasteiger partial charge in [-0.1, -0.05) is 35.9 Å². The molecule has 0 bridgehead atoms. The first-order valence-corrected chi connectivity index (χ1v) is 8.61. The van der Waals surface area contributed by atoms with E-state index in [1.165, 1.54) is 24.3 Å². The maximum Gasteiger partial charge on any atom is 0.324 e. The predicted octanol–water partition coefficient (Wildman–Crippen LogP) is 4.49. The van der Waals surface area contributed by atoms with Gasteiger partial charge in [0.25, 0.3) is 5.69 Å². The van der Waals surface area contributed by atoms with Gasteiger partial charge in [0, 0.05) is 17.8 Å². The molecule has 2 amide bonds. The van der Waals surface area contributed by atoms with Crippen molar-refractivity contribution in [3.63, 3.8) is 0 Å². The van der Waals surface area contributed by atoms with Crippen LogP contribution >= 0.6 is 0 Å². The van der Waals surface area contributed by atoms with E-state index >= 15 is 0 Å². The average molecular weight is 367 g/mol. The first-order chi connectivity index (χ1) is 13.0. The van der Waals surface area contributed by atoms with Gasteiger partial charge in [0.15, 0.2) is 6.23 Å². The van der Waals surface area contributed by atoms with Crippen LogP contribution in [0.4, 0.5) is 16.2 Å². The molecule has 7 nitrogen and oxygen atoms in total. The molecule has 0 spiro atoms. The second-order valence-electron chi connectivity index (χ2n) is 6.54. The Bertz CT molecular complexity index is 845. The van der Waals surface area contributed by atoms with Crippen molar-refractivity contribution < 1.29 is 14.5 Å². The number of carbonyl (C=O) groups is 1. The number of non-ortho nitro benzene ring substituents is 1. The number of rotatable bonds is 4. The van der Waals surface area contributed by atoms with Crippen molar-refractivity contribution in [2.45, 2.75) is 26.1 Å². The number of anilines is 1. The average Bonchev–Trinajstić information content (AvgIpc) is 3.06. The molecule has 1 saturated heterocycles. The van der Waals surface area contributed by atoms with Crippen molar-refractivity contribution >= 4 is 17.4 Å². The summed E-state index contributed by atoms with van der Waals surface area (Å²) >= 11 is 0. The minimum absolute atomic E-state index is 0.0258. The number of hydrogen-bond acceptors (Lipinski definition) is 4. The molecule has 0 aromatic heterocycles. The number of nitrogens with one attached hydrogen (secondary N) is 1. The smallest absolute Gasteiger partial charge is 0.324 e. The van der Waals surface area contributed by atoms with Crippen LogP contribution < -0.4 is 5.32 Å². The quantitative estimate of drug-likeness (QED) is 0.490. The fourth-order valence-corrected chi connectivity index (χ4v) is 2.98. The van der Waals surface area contributed by atoms with Gasteiger partial charge in [-0.2, -0.15) is 0 Å². The lowest BCUT2D eigenvalue weighted by Crippen LogP contribution is -2.40. The normalized spacial score (nSPS) is 18.8. The highest BCUT2D eigenvalue weighted by Gasteiger charge is 2.37. The van der Waals surface area contributed by atoms with Crippen LogP contribution in [0.1, 0.15) is 25.5 Å². The van der Waals surface area contributed by atoms with Gasteiger partial charge in [-0.15, -0.1) is 0 Å². The molecule has 1 aliphatic heterocycles. The van der Waals surface area contributed by atoms with Crippen LogP contribution in [-0.4, -0.2) is 28.7 Å². The summed E-state index contributed by atoms with van der Waals surface area (Å²) in [6.45, 7) is 4.30. The molecule has 1 heterocycles. The van der Waals surface area contributed by atoms with E-state index in [-0.39, 0.29) is 17.8 Å². The van der Waals surface area contributed by atoms with Crippen LogP contribution in [0.15, 0.2) is 66.2 Å². The molecule has 1 N–H and O–H groups in total. The van der Waals surface area contributed by atoms with Crippen LogP contribution in [0.25, 0.3) is 0 Å². The van der Waals surface area contributed by atoms with Crippen LogP contribution in [-0.2, 0) is 4.74 Å². The highest BCUT2D eigenvalue weighted by molar-refractivity contribution is 5.90. The fraction of sp³-hybridized carbons (Fsp3) is 0.250. The predicted molar refractivity (Wildman–Crippen MR) is 102 cm³/mol. The number of nitro groups is 1. The van der Waals surface area contributed by atoms with Crippen molar-refractivity contribution in [3.8, 4) is 0 Å². The number of hydrogen-bond donors (Lipinski definition) is 1. The summed E-state index contributed by atoms with van der Waals surface area (Å²) in [5, 5.41) is 13.6. The van der Waals surface area contributed by atoms with Crippen LogP contribution in [0.5, 0.6) is 0 Å². The standard InChI is InChI=1S/C20H21N3O4/c1-14(2)12-19-22(18(13-27-19)15-6-4-3-5-7-15)20(24)21-16-8-10-17(11-9-16)23(25)26/h3-12,18-19H,13H2,1-2H3,(H,21,24)/t18-,19+/m1/s1. The Balaban J connectivity index is 1.84. The zero-order valence-corrected chi connectivity index (χ0v) is 15.2. The molecule has 0 radical (unpaired) electrons. The molecule has 2 aromatic carbocycles. The third kappa shape index (κ3) is 4.32. The number of benzene rings is 2. The van der Waals surface area contributed by atoms with E-state index in [4.69, 9.17) is 4.74 Å². The summed E-state index contributed by atoms with van der Waals surface area (Å²) in [4.78, 5) is 24.9. The first kappa shape index (κ1) is 18.6. The molecule has 0 aliphatic carbocycles. The lowest BCUT2D eigenvalue weighted by atomic mass is 10.1. The van der Waals surface area contributed by atoms with Crippen molar-refractivity contribution in [2.75, 3.05) is 11.9 Å². The highest BCUT2D eigenvalue weighted by atomic mass is 16.6. The summed E-state index contributed by atoms with van der Waals surface area (Å²) < 4.78 is 5.85. The van der Waals surface area contributed by atoms with Gasteiger partial charge in [0.1, 0.15) is 0 Å². The maximum atomic E-state index is 13.0. The van der Waals surface area contributed by atoms with Crippen molar-refractivity contribution in [2.24, 2.45) is 0 Å². The Morgan fingerprint density at radius 3 is 2.44 bits per heavy atom. The number of amides is 2. The molecular weight excluding hydrogens is 346 g/mol. The van der Waals surface area contributed by atoms with Gasteiger partial charge < -0.3 is 10.1 Å². The van der Waals surface area contributed by atoms with Crippen molar-refractivity contribution in [3.05, 3.63) is 81.9 Å². The zero-order valence-electron chi connectivity index (χ0n) is 15.2. The second kappa shape index (κ2) is 8.01. The van der Waals surface area contributed by atoms with Crippen molar-refractivity contribution in [1.82, 2.24) is 4.90 Å². The summed E-state index contributed by atoms with van der Waals surface area (Å²) in [5.74, 6) is 0. The Morgan fingerprint density at radius 1 is 1.19 bits per heavy atom. The second-order valence-corrected chi connectivity index (χ2v) is 6.54. The first-order valence-electron chi connectivity index (χ1n) is 8.61. The lowest BCUT2D eigenvalue weighted by Gasteiger charge is -2.27. The fourth-order valence-electron chi connectivity index (χ4n) is 2.98. The van der Waals surface area contributed by atoms with Gasteiger partial charge in [0.05, 0.1) is 17.6 Å². The summed E-state index contributed by atoms with van der Waals surface area (Å²) in [5.41, 5.74) is 2.49. The van der Waals surface area contributed by atoms with E-state index in [1.54, 1.807) is 4.90 Å². The van der Waals surface area contributed by atoms with E-state index in [9.17, 15) is 14.9 Å². The van der Waals surface area contributed by atoms with E-state index in [0.29, 0.717) is 12.3 Å². The molecule has 3 rings (SSSR count). The summed E-state index contributed by atoms with van der Waals surface area (Å²) in [6, 6.07) is 14.9. The maximum absolute atomic E-state index is 13.0. The monoisotopic (exact) mass is 367 g/mol. The van der Waals surface area contributed by atoms with Crippen LogP contribution in [0, 0.1) is 10.1 Å². The minimum atomic E-state index is -0.476. The highest BCUT2D eigenvalue weighted by Crippen LogP contribution is 2.32.